The topological polar surface area (TPSA) is 38.1 Å². The van der Waals surface area contributed by atoms with Crippen molar-refractivity contribution < 1.29 is 4.52 Å². The number of hydrogen-bond acceptors (Lipinski definition) is 3. The van der Waals surface area contributed by atoms with Crippen LogP contribution in [0.25, 0.3) is 0 Å². The summed E-state index contributed by atoms with van der Waals surface area (Å²) in [6.07, 6.45) is 3.70. The molecule has 0 spiro atoms. The minimum absolute atomic E-state index is 0.588. The highest BCUT2D eigenvalue weighted by Crippen LogP contribution is 2.33. The van der Waals surface area contributed by atoms with Gasteiger partial charge in [-0.3, -0.25) is 0 Å². The summed E-state index contributed by atoms with van der Waals surface area (Å²) in [6, 6.07) is 2.09. The van der Waals surface area contributed by atoms with Crippen molar-refractivity contribution in [1.82, 2.24) is 10.5 Å². The molecule has 0 amide bonds. The van der Waals surface area contributed by atoms with E-state index in [4.69, 9.17) is 4.52 Å². The number of hydrogen-bond donors (Lipinski definition) is 1. The van der Waals surface area contributed by atoms with E-state index in [1.54, 1.807) is 0 Å². The van der Waals surface area contributed by atoms with Crippen molar-refractivity contribution >= 4 is 0 Å². The fraction of sp³-hybridized carbons (Fsp3) is 0.750. The van der Waals surface area contributed by atoms with Gasteiger partial charge in [0.2, 0.25) is 0 Å². The maximum absolute atomic E-state index is 5.17. The third kappa shape index (κ3) is 2.40. The molecule has 0 aromatic carbocycles. The normalized spacial score (nSPS) is 20.4. The number of piperidine rings is 1. The lowest BCUT2D eigenvalue weighted by molar-refractivity contribution is 0.296. The Morgan fingerprint density at radius 1 is 1.53 bits per heavy atom. The van der Waals surface area contributed by atoms with E-state index in [1.807, 2.05) is 6.92 Å². The van der Waals surface area contributed by atoms with Gasteiger partial charge in [0, 0.05) is 12.0 Å². The Balaban J connectivity index is 2.08. The van der Waals surface area contributed by atoms with Gasteiger partial charge in [-0.25, -0.2) is 0 Å². The summed E-state index contributed by atoms with van der Waals surface area (Å²) in [5, 5.41) is 7.57. The molecule has 2 heterocycles. The second-order valence-corrected chi connectivity index (χ2v) is 4.46. The molecule has 3 heteroatoms. The lowest BCUT2D eigenvalue weighted by Gasteiger charge is -2.28. The van der Waals surface area contributed by atoms with E-state index in [1.165, 1.54) is 12.8 Å². The van der Waals surface area contributed by atoms with E-state index in [2.05, 4.69) is 23.5 Å². The maximum atomic E-state index is 5.17. The lowest BCUT2D eigenvalue weighted by Crippen LogP contribution is -2.30. The van der Waals surface area contributed by atoms with Gasteiger partial charge in [-0.05, 0) is 45.2 Å². The maximum Gasteiger partial charge on any atom is 0.133 e. The number of rotatable bonds is 3. The van der Waals surface area contributed by atoms with Crippen LogP contribution in [0.1, 0.15) is 43.6 Å². The molecule has 0 saturated carbocycles. The Labute approximate surface area is 91.2 Å². The third-order valence-electron chi connectivity index (χ3n) is 3.42. The zero-order valence-electron chi connectivity index (χ0n) is 9.62. The first-order chi connectivity index (χ1) is 7.31. The largest absolute Gasteiger partial charge is 0.361 e. The predicted octanol–water partition coefficient (Wildman–Crippen LogP) is 2.48. The van der Waals surface area contributed by atoms with Gasteiger partial charge < -0.3 is 9.84 Å². The Bertz CT molecular complexity index is 302. The fourth-order valence-electron chi connectivity index (χ4n) is 2.59. The van der Waals surface area contributed by atoms with Crippen molar-refractivity contribution in [2.24, 2.45) is 5.92 Å². The molecule has 0 bridgehead atoms. The van der Waals surface area contributed by atoms with Gasteiger partial charge in [-0.15, -0.1) is 0 Å². The van der Waals surface area contributed by atoms with Crippen LogP contribution < -0.4 is 5.32 Å². The highest BCUT2D eigenvalue weighted by molar-refractivity contribution is 5.11. The Morgan fingerprint density at radius 2 is 2.27 bits per heavy atom. The van der Waals surface area contributed by atoms with Crippen LogP contribution in [0.3, 0.4) is 0 Å². The summed E-state index contributed by atoms with van der Waals surface area (Å²) < 4.78 is 5.17. The van der Waals surface area contributed by atoms with Crippen LogP contribution in [-0.2, 0) is 0 Å². The minimum Gasteiger partial charge on any atom is -0.361 e. The van der Waals surface area contributed by atoms with E-state index >= 15 is 0 Å². The molecular formula is C12H20N2O. The molecule has 1 aromatic rings. The first-order valence-electron chi connectivity index (χ1n) is 5.95. The Hall–Kier alpha value is -0.830. The van der Waals surface area contributed by atoms with Gasteiger partial charge in [-0.1, -0.05) is 12.1 Å². The summed E-state index contributed by atoms with van der Waals surface area (Å²) in [5.74, 6) is 2.29. The van der Waals surface area contributed by atoms with E-state index in [9.17, 15) is 0 Å². The zero-order valence-corrected chi connectivity index (χ0v) is 9.62. The van der Waals surface area contributed by atoms with Crippen molar-refractivity contribution in [2.75, 3.05) is 13.1 Å². The second kappa shape index (κ2) is 4.79. The minimum atomic E-state index is 0.588. The molecule has 1 aromatic heterocycles. The lowest BCUT2D eigenvalue weighted by atomic mass is 9.81. The van der Waals surface area contributed by atoms with Gasteiger partial charge in [0.15, 0.2) is 0 Å². The average Bonchev–Trinajstić information content (AvgIpc) is 2.68. The summed E-state index contributed by atoms with van der Waals surface area (Å²) in [7, 11) is 0. The van der Waals surface area contributed by atoms with Crippen molar-refractivity contribution in [3.05, 3.63) is 17.5 Å². The summed E-state index contributed by atoms with van der Waals surface area (Å²) in [6.45, 7) is 6.51. The van der Waals surface area contributed by atoms with Crippen LogP contribution in [0.15, 0.2) is 10.6 Å². The highest BCUT2D eigenvalue weighted by Gasteiger charge is 2.25. The molecule has 2 rings (SSSR count). The number of aromatic nitrogens is 1. The summed E-state index contributed by atoms with van der Waals surface area (Å²) in [4.78, 5) is 0. The number of nitrogens with zero attached hydrogens (tertiary/aromatic N) is 1. The first-order valence-corrected chi connectivity index (χ1v) is 5.95. The average molecular weight is 208 g/mol. The standard InChI is InChI=1S/C12H20N2O/c1-3-11(10-4-6-13-7-5-10)12-8-9(2)15-14-12/h8,10-11,13H,3-7H2,1-2H3. The van der Waals surface area contributed by atoms with Gasteiger partial charge in [0.1, 0.15) is 5.76 Å². The van der Waals surface area contributed by atoms with E-state index < -0.39 is 0 Å². The molecule has 1 unspecified atom stereocenters. The van der Waals surface area contributed by atoms with Crippen LogP contribution in [0.4, 0.5) is 0 Å². The molecular weight excluding hydrogens is 188 g/mol. The third-order valence-corrected chi connectivity index (χ3v) is 3.42. The van der Waals surface area contributed by atoms with Crippen molar-refractivity contribution in [3.8, 4) is 0 Å². The molecule has 0 aliphatic carbocycles. The monoisotopic (exact) mass is 208 g/mol. The number of nitrogens with one attached hydrogen (secondary N) is 1. The quantitative estimate of drug-likeness (QED) is 0.829. The Morgan fingerprint density at radius 3 is 2.80 bits per heavy atom. The smallest absolute Gasteiger partial charge is 0.133 e. The second-order valence-electron chi connectivity index (χ2n) is 4.46. The molecule has 3 nitrogen and oxygen atoms in total. The molecule has 84 valence electrons. The highest BCUT2D eigenvalue weighted by atomic mass is 16.5. The zero-order chi connectivity index (χ0) is 10.7. The van der Waals surface area contributed by atoms with Crippen LogP contribution >= 0.6 is 0 Å². The molecule has 1 fully saturated rings. The molecule has 1 aliphatic heterocycles. The van der Waals surface area contributed by atoms with E-state index in [0.717, 1.165) is 36.9 Å². The van der Waals surface area contributed by atoms with Gasteiger partial charge >= 0.3 is 0 Å². The molecule has 1 N–H and O–H groups in total. The SMILES string of the molecule is CCC(c1cc(C)on1)C1CCNCC1. The van der Waals surface area contributed by atoms with Crippen LogP contribution in [0.5, 0.6) is 0 Å². The van der Waals surface area contributed by atoms with E-state index in [-0.39, 0.29) is 0 Å². The van der Waals surface area contributed by atoms with Crippen molar-refractivity contribution in [1.29, 1.82) is 0 Å². The molecule has 15 heavy (non-hydrogen) atoms. The van der Waals surface area contributed by atoms with Crippen LogP contribution in [0.2, 0.25) is 0 Å². The molecule has 1 aliphatic rings. The fourth-order valence-corrected chi connectivity index (χ4v) is 2.59. The molecule has 1 atom stereocenters. The van der Waals surface area contributed by atoms with Crippen molar-refractivity contribution in [3.63, 3.8) is 0 Å². The van der Waals surface area contributed by atoms with Gasteiger partial charge in [-0.2, -0.15) is 0 Å². The number of aryl methyl sites for hydroxylation is 1. The van der Waals surface area contributed by atoms with Crippen molar-refractivity contribution in [2.45, 2.75) is 39.0 Å². The first kappa shape index (κ1) is 10.7. The summed E-state index contributed by atoms with van der Waals surface area (Å²) in [5.41, 5.74) is 1.15. The van der Waals surface area contributed by atoms with Crippen LogP contribution in [0, 0.1) is 12.8 Å². The van der Waals surface area contributed by atoms with Gasteiger partial charge in [0.05, 0.1) is 5.69 Å². The molecule has 0 radical (unpaired) electrons. The molecule has 1 saturated heterocycles. The Kier molecular flexibility index (Phi) is 3.41. The van der Waals surface area contributed by atoms with Gasteiger partial charge in [0.25, 0.3) is 0 Å². The van der Waals surface area contributed by atoms with Crippen LogP contribution in [-0.4, -0.2) is 18.2 Å². The van der Waals surface area contributed by atoms with E-state index in [0.29, 0.717) is 5.92 Å². The summed E-state index contributed by atoms with van der Waals surface area (Å²) >= 11 is 0. The predicted molar refractivity (Wildman–Crippen MR) is 59.9 cm³/mol.